The molecule has 0 saturated heterocycles. The second-order valence-corrected chi connectivity index (χ2v) is 4.55. The highest BCUT2D eigenvalue weighted by Gasteiger charge is 2.03. The Balaban J connectivity index is 2.13. The lowest BCUT2D eigenvalue weighted by atomic mass is 10.3. The number of nitrogens with zero attached hydrogens (tertiary/aromatic N) is 4. The van der Waals surface area contributed by atoms with Crippen molar-refractivity contribution in [1.29, 1.82) is 0 Å². The van der Waals surface area contributed by atoms with Crippen LogP contribution in [0.1, 0.15) is 11.3 Å². The summed E-state index contributed by atoms with van der Waals surface area (Å²) in [5.41, 5.74) is 6.86. The van der Waals surface area contributed by atoms with Crippen molar-refractivity contribution in [2.75, 3.05) is 0 Å². The Hall–Kier alpha value is -2.15. The fourth-order valence-electron chi connectivity index (χ4n) is 1.18. The fraction of sp³-hybridized carbons (Fsp3) is 0.0909. The van der Waals surface area contributed by atoms with E-state index in [1.165, 1.54) is 11.8 Å². The average molecular weight is 261 g/mol. The zero-order valence-electron chi connectivity index (χ0n) is 9.61. The minimum atomic E-state index is -0.0156. The van der Waals surface area contributed by atoms with E-state index in [1.54, 1.807) is 24.7 Å². The Morgan fingerprint density at radius 3 is 2.50 bits per heavy atom. The molecule has 0 bridgehead atoms. The van der Waals surface area contributed by atoms with Crippen LogP contribution in [0.4, 0.5) is 0 Å². The van der Waals surface area contributed by atoms with Crippen LogP contribution in [0.3, 0.4) is 0 Å². The lowest BCUT2D eigenvalue weighted by molar-refractivity contribution is 0.318. The molecule has 3 N–H and O–H groups in total. The number of nitrogens with two attached hydrogens (primary N) is 1. The van der Waals surface area contributed by atoms with E-state index >= 15 is 0 Å². The molecule has 0 amide bonds. The molecule has 92 valence electrons. The van der Waals surface area contributed by atoms with Gasteiger partial charge in [-0.1, -0.05) is 5.16 Å². The van der Waals surface area contributed by atoms with E-state index in [0.29, 0.717) is 10.9 Å². The molecule has 0 atom stereocenters. The highest BCUT2D eigenvalue weighted by Crippen LogP contribution is 2.23. The van der Waals surface area contributed by atoms with Crippen molar-refractivity contribution < 1.29 is 5.21 Å². The van der Waals surface area contributed by atoms with E-state index in [2.05, 4.69) is 20.1 Å². The number of amidine groups is 1. The van der Waals surface area contributed by atoms with Crippen molar-refractivity contribution in [2.45, 2.75) is 17.0 Å². The van der Waals surface area contributed by atoms with Crippen molar-refractivity contribution in [1.82, 2.24) is 15.0 Å². The summed E-state index contributed by atoms with van der Waals surface area (Å²) >= 11 is 1.40. The van der Waals surface area contributed by atoms with Crippen LogP contribution in [0.25, 0.3) is 0 Å². The molecule has 0 aliphatic carbocycles. The number of hydrogen-bond acceptors (Lipinski definition) is 6. The molecule has 6 nitrogen and oxygen atoms in total. The topological polar surface area (TPSA) is 97.3 Å². The van der Waals surface area contributed by atoms with Gasteiger partial charge in [-0.25, -0.2) is 9.97 Å². The predicted molar refractivity (Wildman–Crippen MR) is 67.6 cm³/mol. The van der Waals surface area contributed by atoms with Gasteiger partial charge in [0, 0.05) is 23.5 Å². The molecule has 18 heavy (non-hydrogen) atoms. The number of aromatic nitrogens is 3. The molecular weight excluding hydrogens is 250 g/mol. The van der Waals surface area contributed by atoms with E-state index in [0.717, 1.165) is 10.5 Å². The van der Waals surface area contributed by atoms with Crippen molar-refractivity contribution in [2.24, 2.45) is 10.9 Å². The Kier molecular flexibility index (Phi) is 3.73. The van der Waals surface area contributed by atoms with E-state index in [4.69, 9.17) is 10.9 Å². The van der Waals surface area contributed by atoms with Gasteiger partial charge in [-0.3, -0.25) is 4.98 Å². The fourth-order valence-corrected chi connectivity index (χ4v) is 1.85. The van der Waals surface area contributed by atoms with Gasteiger partial charge in [0.2, 0.25) is 0 Å². The van der Waals surface area contributed by atoms with Crippen LogP contribution >= 0.6 is 11.8 Å². The normalized spacial score (nSPS) is 11.5. The summed E-state index contributed by atoms with van der Waals surface area (Å²) in [6.45, 7) is 1.93. The maximum absolute atomic E-state index is 8.52. The molecule has 2 aromatic rings. The van der Waals surface area contributed by atoms with Crippen LogP contribution in [0, 0.1) is 6.92 Å². The Bertz CT molecular complexity index is 553. The van der Waals surface area contributed by atoms with Crippen LogP contribution in [0.2, 0.25) is 0 Å². The quantitative estimate of drug-likeness (QED) is 0.285. The highest BCUT2D eigenvalue weighted by atomic mass is 32.2. The van der Waals surface area contributed by atoms with E-state index < -0.39 is 0 Å². The molecule has 0 saturated carbocycles. The summed E-state index contributed by atoms with van der Waals surface area (Å²) in [6.07, 6.45) is 5.14. The van der Waals surface area contributed by atoms with Gasteiger partial charge in [-0.2, -0.15) is 0 Å². The third-order valence-corrected chi connectivity index (χ3v) is 2.94. The molecule has 0 spiro atoms. The lowest BCUT2D eigenvalue weighted by Crippen LogP contribution is -2.14. The van der Waals surface area contributed by atoms with Gasteiger partial charge in [0.05, 0.1) is 0 Å². The van der Waals surface area contributed by atoms with Crippen LogP contribution in [0.15, 0.2) is 45.9 Å². The molecule has 0 fully saturated rings. The van der Waals surface area contributed by atoms with Gasteiger partial charge < -0.3 is 10.9 Å². The molecular formula is C11H11N5OS. The standard InChI is InChI=1S/C11H11N5OS/c1-7-4-14-11(15-5-7)18-8-2-3-9(13-6-8)10(12)16-17/h2-6,17H,1H3,(H2,12,16). The SMILES string of the molecule is Cc1cnc(Sc2ccc(/C(N)=N/O)nc2)nc1. The first-order valence-corrected chi connectivity index (χ1v) is 5.91. The first-order chi connectivity index (χ1) is 8.69. The third kappa shape index (κ3) is 2.95. The third-order valence-electron chi connectivity index (χ3n) is 2.07. The van der Waals surface area contributed by atoms with Gasteiger partial charge in [-0.05, 0) is 36.4 Å². The molecule has 2 heterocycles. The Morgan fingerprint density at radius 1 is 1.22 bits per heavy atom. The van der Waals surface area contributed by atoms with Crippen molar-refractivity contribution in [3.8, 4) is 0 Å². The molecule has 0 unspecified atom stereocenters. The van der Waals surface area contributed by atoms with Crippen LogP contribution in [-0.4, -0.2) is 26.0 Å². The maximum atomic E-state index is 8.52. The smallest absolute Gasteiger partial charge is 0.192 e. The summed E-state index contributed by atoms with van der Waals surface area (Å²) in [6, 6.07) is 3.49. The first-order valence-electron chi connectivity index (χ1n) is 5.09. The zero-order valence-corrected chi connectivity index (χ0v) is 10.4. The van der Waals surface area contributed by atoms with E-state index in [-0.39, 0.29) is 5.84 Å². The zero-order chi connectivity index (χ0) is 13.0. The number of rotatable bonds is 3. The summed E-state index contributed by atoms with van der Waals surface area (Å²) in [7, 11) is 0. The number of oxime groups is 1. The van der Waals surface area contributed by atoms with E-state index in [1.807, 2.05) is 13.0 Å². The predicted octanol–water partition coefficient (Wildman–Crippen LogP) is 1.43. The largest absolute Gasteiger partial charge is 0.409 e. The molecule has 0 aliphatic heterocycles. The number of aryl methyl sites for hydroxylation is 1. The lowest BCUT2D eigenvalue weighted by Gasteiger charge is -2.01. The number of hydrogen-bond donors (Lipinski definition) is 2. The molecule has 2 aromatic heterocycles. The average Bonchev–Trinajstić information content (AvgIpc) is 2.41. The Labute approximate surface area is 108 Å². The van der Waals surface area contributed by atoms with Crippen molar-refractivity contribution >= 4 is 17.6 Å². The maximum Gasteiger partial charge on any atom is 0.192 e. The molecule has 2 rings (SSSR count). The van der Waals surface area contributed by atoms with Crippen molar-refractivity contribution in [3.05, 3.63) is 42.0 Å². The van der Waals surface area contributed by atoms with Gasteiger partial charge in [-0.15, -0.1) is 0 Å². The summed E-state index contributed by atoms with van der Waals surface area (Å²) < 4.78 is 0. The number of pyridine rings is 1. The van der Waals surface area contributed by atoms with Crippen LogP contribution in [-0.2, 0) is 0 Å². The van der Waals surface area contributed by atoms with Gasteiger partial charge in [0.1, 0.15) is 5.69 Å². The second-order valence-electron chi connectivity index (χ2n) is 3.51. The first kappa shape index (κ1) is 12.3. The minimum Gasteiger partial charge on any atom is -0.409 e. The molecule has 0 radical (unpaired) electrons. The second kappa shape index (κ2) is 5.46. The van der Waals surface area contributed by atoms with E-state index in [9.17, 15) is 0 Å². The summed E-state index contributed by atoms with van der Waals surface area (Å²) in [5, 5.41) is 12.1. The monoisotopic (exact) mass is 261 g/mol. The van der Waals surface area contributed by atoms with Gasteiger partial charge in [0.25, 0.3) is 0 Å². The van der Waals surface area contributed by atoms with Gasteiger partial charge >= 0.3 is 0 Å². The van der Waals surface area contributed by atoms with Gasteiger partial charge in [0.15, 0.2) is 11.0 Å². The molecule has 7 heteroatoms. The van der Waals surface area contributed by atoms with Crippen LogP contribution in [0.5, 0.6) is 0 Å². The Morgan fingerprint density at radius 2 is 1.94 bits per heavy atom. The van der Waals surface area contributed by atoms with Crippen molar-refractivity contribution in [3.63, 3.8) is 0 Å². The summed E-state index contributed by atoms with van der Waals surface area (Å²) in [4.78, 5) is 13.3. The van der Waals surface area contributed by atoms with Crippen LogP contribution < -0.4 is 5.73 Å². The highest BCUT2D eigenvalue weighted by molar-refractivity contribution is 7.99. The molecule has 0 aromatic carbocycles. The minimum absolute atomic E-state index is 0.0156. The summed E-state index contributed by atoms with van der Waals surface area (Å²) in [5.74, 6) is -0.0156. The molecule has 0 aliphatic rings.